The van der Waals surface area contributed by atoms with Gasteiger partial charge in [0.25, 0.3) is 0 Å². The fourth-order valence-corrected chi connectivity index (χ4v) is 4.25. The van der Waals surface area contributed by atoms with E-state index in [4.69, 9.17) is 0 Å². The molecule has 0 saturated carbocycles. The van der Waals surface area contributed by atoms with Gasteiger partial charge in [0.2, 0.25) is 0 Å². The Morgan fingerprint density at radius 1 is 1.39 bits per heavy atom. The van der Waals surface area contributed by atoms with Gasteiger partial charge in [0, 0.05) is 17.5 Å². The summed E-state index contributed by atoms with van der Waals surface area (Å²) < 4.78 is 0. The molecule has 1 aliphatic heterocycles. The molecule has 18 heavy (non-hydrogen) atoms. The van der Waals surface area contributed by atoms with Crippen LogP contribution >= 0.6 is 22.7 Å². The van der Waals surface area contributed by atoms with Gasteiger partial charge in [0.15, 0.2) is 0 Å². The second-order valence-electron chi connectivity index (χ2n) is 5.04. The molecule has 2 nitrogen and oxygen atoms in total. The quantitative estimate of drug-likeness (QED) is 0.852. The van der Waals surface area contributed by atoms with Crippen molar-refractivity contribution in [3.63, 3.8) is 0 Å². The van der Waals surface area contributed by atoms with E-state index in [0.717, 1.165) is 12.3 Å². The molecule has 0 aliphatic carbocycles. The maximum Gasteiger partial charge on any atom is 0.0971 e. The topological polar surface area (TPSA) is 16.1 Å². The summed E-state index contributed by atoms with van der Waals surface area (Å²) >= 11 is 3.68. The summed E-state index contributed by atoms with van der Waals surface area (Å²) in [5, 5.41) is 5.62. The summed E-state index contributed by atoms with van der Waals surface area (Å²) in [6.45, 7) is 2.45. The van der Waals surface area contributed by atoms with Gasteiger partial charge in [-0.3, -0.25) is 0 Å². The largest absolute Gasteiger partial charge is 0.306 e. The molecule has 0 amide bonds. The van der Waals surface area contributed by atoms with E-state index >= 15 is 0 Å². The van der Waals surface area contributed by atoms with E-state index < -0.39 is 0 Å². The average Bonchev–Trinajstić information content (AvgIpc) is 3.02. The summed E-state index contributed by atoms with van der Waals surface area (Å²) in [5.41, 5.74) is 1.39. The number of likely N-dealkylation sites (tertiary alicyclic amines) is 1. The molecule has 2 aromatic heterocycles. The Bertz CT molecular complexity index is 482. The van der Waals surface area contributed by atoms with Crippen LogP contribution in [0.3, 0.4) is 0 Å². The van der Waals surface area contributed by atoms with Crippen LogP contribution in [0.5, 0.6) is 0 Å². The minimum atomic E-state index is 0.745. The Kier molecular flexibility index (Phi) is 3.77. The molecule has 0 atom stereocenters. The van der Waals surface area contributed by atoms with E-state index in [2.05, 4.69) is 40.0 Å². The van der Waals surface area contributed by atoms with Gasteiger partial charge in [-0.25, -0.2) is 4.98 Å². The average molecular weight is 278 g/mol. The van der Waals surface area contributed by atoms with Crippen molar-refractivity contribution in [1.29, 1.82) is 0 Å². The fraction of sp³-hybridized carbons (Fsp3) is 0.500. The molecule has 0 N–H and O–H groups in total. The monoisotopic (exact) mass is 278 g/mol. The minimum absolute atomic E-state index is 0.745. The smallest absolute Gasteiger partial charge is 0.0971 e. The van der Waals surface area contributed by atoms with E-state index in [1.807, 2.05) is 11.3 Å². The molecule has 0 spiro atoms. The first kappa shape index (κ1) is 12.3. The molecule has 2 aromatic rings. The van der Waals surface area contributed by atoms with Crippen molar-refractivity contribution in [2.75, 3.05) is 20.1 Å². The van der Waals surface area contributed by atoms with Crippen molar-refractivity contribution >= 4 is 22.7 Å². The van der Waals surface area contributed by atoms with Crippen LogP contribution in [-0.2, 0) is 6.42 Å². The van der Waals surface area contributed by atoms with E-state index in [1.54, 1.807) is 11.3 Å². The number of aromatic nitrogens is 1. The highest BCUT2D eigenvalue weighted by Crippen LogP contribution is 2.32. The molecule has 0 radical (unpaired) electrons. The van der Waals surface area contributed by atoms with E-state index in [0.29, 0.717) is 0 Å². The highest BCUT2D eigenvalue weighted by Gasteiger charge is 2.20. The van der Waals surface area contributed by atoms with Crippen molar-refractivity contribution in [1.82, 2.24) is 9.88 Å². The molecule has 96 valence electrons. The molecule has 0 bridgehead atoms. The summed E-state index contributed by atoms with van der Waals surface area (Å²) in [6, 6.07) is 2.20. The van der Waals surface area contributed by atoms with Crippen LogP contribution in [0.2, 0.25) is 0 Å². The first-order valence-electron chi connectivity index (χ1n) is 6.45. The van der Waals surface area contributed by atoms with Crippen LogP contribution in [0.25, 0.3) is 0 Å². The van der Waals surface area contributed by atoms with Crippen LogP contribution in [0.1, 0.15) is 34.2 Å². The van der Waals surface area contributed by atoms with Gasteiger partial charge in [-0.15, -0.1) is 11.3 Å². The predicted octanol–water partition coefficient (Wildman–Crippen LogP) is 3.60. The molecular weight excluding hydrogens is 260 g/mol. The van der Waals surface area contributed by atoms with Crippen molar-refractivity contribution in [3.8, 4) is 0 Å². The maximum atomic E-state index is 4.59. The normalized spacial score (nSPS) is 18.3. The van der Waals surface area contributed by atoms with Crippen LogP contribution in [0.4, 0.5) is 0 Å². The summed E-state index contributed by atoms with van der Waals surface area (Å²) in [6.07, 6.45) is 5.69. The van der Waals surface area contributed by atoms with Crippen LogP contribution in [-0.4, -0.2) is 30.0 Å². The SMILES string of the molecule is CN1CCC(c2cnc(Cc3ccsc3)s2)CC1. The van der Waals surface area contributed by atoms with Gasteiger partial charge in [-0.2, -0.15) is 11.3 Å². The van der Waals surface area contributed by atoms with Crippen molar-refractivity contribution in [2.24, 2.45) is 0 Å². The van der Waals surface area contributed by atoms with Crippen molar-refractivity contribution in [2.45, 2.75) is 25.2 Å². The van der Waals surface area contributed by atoms with Gasteiger partial charge in [0.1, 0.15) is 0 Å². The van der Waals surface area contributed by atoms with Gasteiger partial charge in [-0.1, -0.05) is 0 Å². The second-order valence-corrected chi connectivity index (χ2v) is 6.97. The van der Waals surface area contributed by atoms with E-state index in [1.165, 1.54) is 41.4 Å². The number of nitrogens with zero attached hydrogens (tertiary/aromatic N) is 2. The number of piperidine rings is 1. The maximum absolute atomic E-state index is 4.59. The zero-order valence-corrected chi connectivity index (χ0v) is 12.3. The highest BCUT2D eigenvalue weighted by atomic mass is 32.1. The van der Waals surface area contributed by atoms with Crippen LogP contribution in [0, 0.1) is 0 Å². The Labute approximate surface area is 116 Å². The summed E-state index contributed by atoms with van der Waals surface area (Å²) in [5.74, 6) is 0.745. The van der Waals surface area contributed by atoms with E-state index in [9.17, 15) is 0 Å². The molecule has 0 aromatic carbocycles. The molecular formula is C14H18N2S2. The fourth-order valence-electron chi connectivity index (χ4n) is 2.46. The number of thiazole rings is 1. The number of rotatable bonds is 3. The lowest BCUT2D eigenvalue weighted by atomic mass is 9.96. The van der Waals surface area contributed by atoms with Crippen molar-refractivity contribution < 1.29 is 0 Å². The third kappa shape index (κ3) is 2.82. The number of thiophene rings is 1. The molecule has 3 rings (SSSR count). The molecule has 1 aliphatic rings. The summed E-state index contributed by atoms with van der Waals surface area (Å²) in [7, 11) is 2.21. The highest BCUT2D eigenvalue weighted by molar-refractivity contribution is 7.11. The molecule has 1 saturated heterocycles. The Balaban J connectivity index is 1.66. The second kappa shape index (κ2) is 5.51. The molecule has 3 heterocycles. The van der Waals surface area contributed by atoms with Gasteiger partial charge in [0.05, 0.1) is 5.01 Å². The van der Waals surface area contributed by atoms with Crippen molar-refractivity contribution in [3.05, 3.63) is 38.5 Å². The van der Waals surface area contributed by atoms with Gasteiger partial charge >= 0.3 is 0 Å². The number of hydrogen-bond acceptors (Lipinski definition) is 4. The van der Waals surface area contributed by atoms with Gasteiger partial charge in [-0.05, 0) is 61.3 Å². The predicted molar refractivity (Wildman–Crippen MR) is 78.7 cm³/mol. The number of hydrogen-bond donors (Lipinski definition) is 0. The molecule has 1 fully saturated rings. The lowest BCUT2D eigenvalue weighted by molar-refractivity contribution is 0.257. The minimum Gasteiger partial charge on any atom is -0.306 e. The lowest BCUT2D eigenvalue weighted by Gasteiger charge is -2.27. The Morgan fingerprint density at radius 3 is 2.94 bits per heavy atom. The standard InChI is InChI=1S/C14H18N2S2/c1-16-5-2-12(3-6-16)13-9-15-14(18-13)8-11-4-7-17-10-11/h4,7,9-10,12H,2-3,5-6,8H2,1H3. The first-order valence-corrected chi connectivity index (χ1v) is 8.21. The zero-order chi connectivity index (χ0) is 12.4. The lowest BCUT2D eigenvalue weighted by Crippen LogP contribution is -2.28. The molecule has 0 unspecified atom stereocenters. The Hall–Kier alpha value is -0.710. The zero-order valence-electron chi connectivity index (χ0n) is 10.6. The first-order chi connectivity index (χ1) is 8.81. The molecule has 4 heteroatoms. The third-order valence-electron chi connectivity index (χ3n) is 3.63. The Morgan fingerprint density at radius 2 is 2.22 bits per heavy atom. The third-order valence-corrected chi connectivity index (χ3v) is 5.52. The van der Waals surface area contributed by atoms with Crippen LogP contribution < -0.4 is 0 Å². The van der Waals surface area contributed by atoms with Gasteiger partial charge < -0.3 is 4.90 Å². The van der Waals surface area contributed by atoms with Crippen LogP contribution in [0.15, 0.2) is 23.0 Å². The van der Waals surface area contributed by atoms with E-state index in [-0.39, 0.29) is 0 Å². The summed E-state index contributed by atoms with van der Waals surface area (Å²) in [4.78, 5) is 8.51.